The van der Waals surface area contributed by atoms with Crippen LogP contribution in [0.1, 0.15) is 39.4 Å². The number of halogens is 1. The Morgan fingerprint density at radius 1 is 1.12 bits per heavy atom. The van der Waals surface area contributed by atoms with E-state index in [1.165, 1.54) is 12.1 Å². The highest BCUT2D eigenvalue weighted by Gasteiger charge is 2.28. The number of nitrogens with zero attached hydrogens (tertiary/aromatic N) is 3. The van der Waals surface area contributed by atoms with Gasteiger partial charge in [-0.2, -0.15) is 0 Å². The predicted octanol–water partition coefficient (Wildman–Crippen LogP) is 4.59. The van der Waals surface area contributed by atoms with Crippen LogP contribution >= 0.6 is 0 Å². The number of esters is 1. The van der Waals surface area contributed by atoms with Gasteiger partial charge in [-0.15, -0.1) is 0 Å². The summed E-state index contributed by atoms with van der Waals surface area (Å²) >= 11 is 0. The lowest BCUT2D eigenvalue weighted by molar-refractivity contribution is -0.156. The third-order valence-corrected chi connectivity index (χ3v) is 5.29. The maximum absolute atomic E-state index is 13.6. The smallest absolute Gasteiger partial charge is 0.309 e. The van der Waals surface area contributed by atoms with Crippen LogP contribution in [-0.4, -0.2) is 37.8 Å². The van der Waals surface area contributed by atoms with Crippen LogP contribution in [0.25, 0.3) is 28.7 Å². The van der Waals surface area contributed by atoms with Crippen molar-refractivity contribution in [2.75, 3.05) is 0 Å². The number of aliphatic hydroxyl groups is 1. The number of ether oxygens (including phenoxy) is 1. The van der Waals surface area contributed by atoms with Crippen LogP contribution in [0.2, 0.25) is 0 Å². The lowest BCUT2D eigenvalue weighted by Crippen LogP contribution is -2.31. The maximum atomic E-state index is 13.6. The van der Waals surface area contributed by atoms with Crippen molar-refractivity contribution in [3.8, 4) is 22.5 Å². The van der Waals surface area contributed by atoms with Crippen LogP contribution in [-0.2, 0) is 14.9 Å². The Bertz CT molecular complexity index is 1130. The summed E-state index contributed by atoms with van der Waals surface area (Å²) in [7, 11) is 0. The van der Waals surface area contributed by atoms with E-state index < -0.39 is 18.2 Å². The van der Waals surface area contributed by atoms with E-state index in [1.54, 1.807) is 30.6 Å². The molecule has 166 valence electrons. The molecule has 2 atom stereocenters. The van der Waals surface area contributed by atoms with Crippen LogP contribution in [0.3, 0.4) is 0 Å². The summed E-state index contributed by atoms with van der Waals surface area (Å²) < 4.78 is 20.9. The van der Waals surface area contributed by atoms with Crippen LogP contribution in [0.4, 0.5) is 4.39 Å². The number of pyridine rings is 1. The first-order chi connectivity index (χ1) is 15.2. The van der Waals surface area contributed by atoms with Crippen molar-refractivity contribution in [2.45, 2.75) is 51.2 Å². The number of aromatic nitrogens is 3. The molecule has 1 aliphatic rings. The molecule has 0 spiro atoms. The average Bonchev–Trinajstić information content (AvgIpc) is 3.13. The zero-order valence-corrected chi connectivity index (χ0v) is 18.3. The molecule has 1 saturated heterocycles. The zero-order valence-electron chi connectivity index (χ0n) is 18.3. The first-order valence-corrected chi connectivity index (χ1v) is 10.6. The zero-order chi connectivity index (χ0) is 22.9. The molecule has 32 heavy (non-hydrogen) atoms. The molecule has 3 aromatic rings. The summed E-state index contributed by atoms with van der Waals surface area (Å²) in [6, 6.07) is 10.0. The molecule has 0 bridgehead atoms. The second-order valence-electron chi connectivity index (χ2n) is 8.96. The third-order valence-electron chi connectivity index (χ3n) is 5.29. The number of cyclic esters (lactones) is 1. The van der Waals surface area contributed by atoms with Gasteiger partial charge in [-0.25, -0.2) is 9.37 Å². The molecule has 6 nitrogen and oxygen atoms in total. The fourth-order valence-electron chi connectivity index (χ4n) is 3.81. The maximum Gasteiger partial charge on any atom is 0.309 e. The molecule has 2 aromatic heterocycles. The minimum absolute atomic E-state index is 0.0135. The highest BCUT2D eigenvalue weighted by atomic mass is 19.1. The Morgan fingerprint density at radius 3 is 2.44 bits per heavy atom. The third kappa shape index (κ3) is 4.62. The van der Waals surface area contributed by atoms with Gasteiger partial charge in [0, 0.05) is 41.6 Å². The quantitative estimate of drug-likeness (QED) is 0.607. The molecule has 0 radical (unpaired) electrons. The van der Waals surface area contributed by atoms with Crippen LogP contribution in [0.5, 0.6) is 0 Å². The molecule has 4 rings (SSSR count). The number of aliphatic hydroxyl groups excluding tert-OH is 1. The predicted molar refractivity (Wildman–Crippen MR) is 120 cm³/mol. The largest absolute Gasteiger partial charge is 0.458 e. The molecule has 1 N–H and O–H groups in total. The van der Waals surface area contributed by atoms with Crippen LogP contribution in [0.15, 0.2) is 54.9 Å². The highest BCUT2D eigenvalue weighted by molar-refractivity contribution is 5.80. The van der Waals surface area contributed by atoms with Gasteiger partial charge in [-0.3, -0.25) is 9.78 Å². The van der Waals surface area contributed by atoms with E-state index in [2.05, 4.69) is 25.8 Å². The molecule has 1 aromatic carbocycles. The Labute approximate surface area is 186 Å². The number of imidazole rings is 1. The van der Waals surface area contributed by atoms with Crippen molar-refractivity contribution in [3.63, 3.8) is 0 Å². The van der Waals surface area contributed by atoms with Crippen LogP contribution in [0, 0.1) is 5.82 Å². The Hall–Kier alpha value is -3.32. The number of hydrogen-bond acceptors (Lipinski definition) is 5. The molecule has 3 heterocycles. The first kappa shape index (κ1) is 21.9. The monoisotopic (exact) mass is 435 g/mol. The fourth-order valence-corrected chi connectivity index (χ4v) is 3.81. The van der Waals surface area contributed by atoms with E-state index in [-0.39, 0.29) is 17.7 Å². The summed E-state index contributed by atoms with van der Waals surface area (Å²) in [4.78, 5) is 20.8. The van der Waals surface area contributed by atoms with Crippen molar-refractivity contribution < 1.29 is 19.0 Å². The lowest BCUT2D eigenvalue weighted by atomic mass is 9.95. The van der Waals surface area contributed by atoms with Gasteiger partial charge in [-0.1, -0.05) is 20.8 Å². The number of benzene rings is 1. The molecular weight excluding hydrogens is 409 g/mol. The van der Waals surface area contributed by atoms with Crippen molar-refractivity contribution in [1.82, 2.24) is 14.5 Å². The summed E-state index contributed by atoms with van der Waals surface area (Å²) in [5.74, 6) is 0.0660. The summed E-state index contributed by atoms with van der Waals surface area (Å²) in [5, 5.41) is 9.95. The van der Waals surface area contributed by atoms with Gasteiger partial charge in [0.2, 0.25) is 0 Å². The SMILES string of the molecule is CC(C)(C)c1nc(-c2ccc(F)cc2)c(-c2ccncc2)n1C=C[C@H]1C[C@H](O)CC(=O)O1. The molecule has 0 saturated carbocycles. The minimum Gasteiger partial charge on any atom is -0.458 e. The fraction of sp³-hybridized carbons (Fsp3) is 0.320. The van der Waals surface area contributed by atoms with Gasteiger partial charge in [0.05, 0.1) is 23.9 Å². The van der Waals surface area contributed by atoms with E-state index in [4.69, 9.17) is 9.72 Å². The van der Waals surface area contributed by atoms with Crippen molar-refractivity contribution in [1.29, 1.82) is 0 Å². The van der Waals surface area contributed by atoms with E-state index >= 15 is 0 Å². The average molecular weight is 435 g/mol. The van der Waals surface area contributed by atoms with Crippen LogP contribution < -0.4 is 0 Å². The highest BCUT2D eigenvalue weighted by Crippen LogP contribution is 2.37. The Morgan fingerprint density at radius 2 is 1.81 bits per heavy atom. The van der Waals surface area contributed by atoms with Gasteiger partial charge in [-0.05, 0) is 42.5 Å². The van der Waals surface area contributed by atoms with Gasteiger partial charge in [0.1, 0.15) is 17.7 Å². The summed E-state index contributed by atoms with van der Waals surface area (Å²) in [5.41, 5.74) is 2.91. The van der Waals surface area contributed by atoms with Crippen molar-refractivity contribution >= 4 is 12.2 Å². The molecule has 1 aliphatic heterocycles. The molecule has 0 aliphatic carbocycles. The van der Waals surface area contributed by atoms with E-state index in [9.17, 15) is 14.3 Å². The summed E-state index contributed by atoms with van der Waals surface area (Å²) in [6.07, 6.45) is 6.15. The van der Waals surface area contributed by atoms with E-state index in [0.717, 1.165) is 22.6 Å². The standard InChI is InChI=1S/C25H26FN3O3/c1-25(2,3)24-28-22(16-4-6-18(26)7-5-16)23(17-8-11-27-12-9-17)29(24)13-10-20-14-19(30)15-21(31)32-20/h4-13,19-20,30H,14-15H2,1-3H3/t19-,20-/m0/s1. The molecule has 0 unspecified atom stereocenters. The molecule has 0 amide bonds. The van der Waals surface area contributed by atoms with Gasteiger partial charge in [0.15, 0.2) is 0 Å². The van der Waals surface area contributed by atoms with Crippen molar-refractivity contribution in [2.24, 2.45) is 0 Å². The minimum atomic E-state index is -0.717. The molecular formula is C25H26FN3O3. The second kappa shape index (κ2) is 8.67. The van der Waals surface area contributed by atoms with Gasteiger partial charge in [0.25, 0.3) is 0 Å². The number of carbonyl (C=O) groups is 1. The molecule has 1 fully saturated rings. The first-order valence-electron chi connectivity index (χ1n) is 10.6. The number of rotatable bonds is 4. The summed E-state index contributed by atoms with van der Waals surface area (Å²) in [6.45, 7) is 6.19. The topological polar surface area (TPSA) is 77.2 Å². The number of carbonyl (C=O) groups excluding carboxylic acids is 1. The molecule has 7 heteroatoms. The normalized spacial score (nSPS) is 19.3. The Kier molecular flexibility index (Phi) is 5.93. The van der Waals surface area contributed by atoms with Crippen molar-refractivity contribution in [3.05, 3.63) is 66.5 Å². The van der Waals surface area contributed by atoms with E-state index in [1.807, 2.05) is 22.9 Å². The van der Waals surface area contributed by atoms with Gasteiger partial charge >= 0.3 is 5.97 Å². The second-order valence-corrected chi connectivity index (χ2v) is 8.96. The lowest BCUT2D eigenvalue weighted by Gasteiger charge is -2.24. The number of hydrogen-bond donors (Lipinski definition) is 1. The Balaban J connectivity index is 1.89. The van der Waals surface area contributed by atoms with E-state index in [0.29, 0.717) is 12.1 Å². The van der Waals surface area contributed by atoms with Gasteiger partial charge < -0.3 is 14.4 Å².